The van der Waals surface area contributed by atoms with Gasteiger partial charge in [0.15, 0.2) is 5.78 Å². The first kappa shape index (κ1) is 27.2. The van der Waals surface area contributed by atoms with Crippen molar-refractivity contribution in [1.82, 2.24) is 5.32 Å². The zero-order chi connectivity index (χ0) is 26.1. The van der Waals surface area contributed by atoms with E-state index in [0.717, 1.165) is 23.1 Å². The average Bonchev–Trinajstić information content (AvgIpc) is 2.86. The number of carbonyl (C=O) groups is 3. The van der Waals surface area contributed by atoms with Crippen molar-refractivity contribution in [2.45, 2.75) is 39.5 Å². The summed E-state index contributed by atoms with van der Waals surface area (Å²) in [4.78, 5) is 37.1. The van der Waals surface area contributed by atoms with Crippen LogP contribution in [0.1, 0.15) is 59.4 Å². The minimum atomic E-state index is -0.997. The number of Topliss-reactive ketones (excluding diaryl/α,β-unsaturated/α-hetero) is 1. The molecule has 0 radical (unpaired) electrons. The van der Waals surface area contributed by atoms with Gasteiger partial charge in [0.1, 0.15) is 0 Å². The van der Waals surface area contributed by atoms with E-state index in [1.807, 2.05) is 42.5 Å². The highest BCUT2D eigenvalue weighted by atomic mass is 35.5. The Labute approximate surface area is 217 Å². The molecule has 0 aliphatic rings. The molecule has 0 saturated carbocycles. The second kappa shape index (κ2) is 13.0. The Morgan fingerprint density at radius 2 is 1.50 bits per heavy atom. The molecular formula is C30H32ClNO4. The number of rotatable bonds is 12. The van der Waals surface area contributed by atoms with Crippen molar-refractivity contribution in [3.8, 4) is 11.1 Å². The number of benzene rings is 3. The summed E-state index contributed by atoms with van der Waals surface area (Å²) < 4.78 is 0. The van der Waals surface area contributed by atoms with Gasteiger partial charge in [0.25, 0.3) is 5.91 Å². The summed E-state index contributed by atoms with van der Waals surface area (Å²) in [6.07, 6.45) is 1.60. The third-order valence-corrected chi connectivity index (χ3v) is 6.40. The van der Waals surface area contributed by atoms with Gasteiger partial charge < -0.3 is 10.4 Å². The lowest BCUT2D eigenvalue weighted by Gasteiger charge is -2.13. The minimum absolute atomic E-state index is 0.0784. The predicted molar refractivity (Wildman–Crippen MR) is 144 cm³/mol. The standard InChI is InChI=1S/C30H32ClNO4/c1-20(2)16-17-32-29(34)25-5-3-4-21(18-25)6-7-26(30(35)36)19-28(33)24-10-8-22(9-11-24)23-12-14-27(31)15-13-23/h3-5,8-15,18,20,26H,6-7,16-17,19H2,1-2H3,(H,32,34)(H,35,36). The van der Waals surface area contributed by atoms with Crippen LogP contribution in [-0.2, 0) is 11.2 Å². The molecule has 1 atom stereocenters. The lowest BCUT2D eigenvalue weighted by molar-refractivity contribution is -0.141. The number of aryl methyl sites for hydroxylation is 1. The van der Waals surface area contributed by atoms with Crippen molar-refractivity contribution < 1.29 is 19.5 Å². The van der Waals surface area contributed by atoms with Gasteiger partial charge in [-0.2, -0.15) is 0 Å². The molecule has 0 bridgehead atoms. The molecule has 6 heteroatoms. The Bertz CT molecular complexity index is 1190. The lowest BCUT2D eigenvalue weighted by atomic mass is 9.91. The summed E-state index contributed by atoms with van der Waals surface area (Å²) >= 11 is 5.94. The van der Waals surface area contributed by atoms with E-state index in [1.54, 1.807) is 30.3 Å². The number of carbonyl (C=O) groups excluding carboxylic acids is 2. The summed E-state index contributed by atoms with van der Waals surface area (Å²) in [7, 11) is 0. The van der Waals surface area contributed by atoms with Crippen LogP contribution in [0.4, 0.5) is 0 Å². The summed E-state index contributed by atoms with van der Waals surface area (Å²) in [6, 6.07) is 21.8. The van der Waals surface area contributed by atoms with E-state index in [2.05, 4.69) is 19.2 Å². The van der Waals surface area contributed by atoms with Crippen LogP contribution in [-0.4, -0.2) is 29.3 Å². The van der Waals surface area contributed by atoms with Crippen LogP contribution < -0.4 is 5.32 Å². The van der Waals surface area contributed by atoms with Crippen molar-refractivity contribution in [1.29, 1.82) is 0 Å². The Morgan fingerprint density at radius 3 is 2.11 bits per heavy atom. The highest BCUT2D eigenvalue weighted by Crippen LogP contribution is 2.23. The fourth-order valence-electron chi connectivity index (χ4n) is 3.93. The first-order valence-corrected chi connectivity index (χ1v) is 12.6. The molecule has 0 fully saturated rings. The number of carboxylic acids is 1. The van der Waals surface area contributed by atoms with E-state index in [4.69, 9.17) is 11.6 Å². The number of aliphatic carboxylic acids is 1. The number of hydrogen-bond acceptors (Lipinski definition) is 3. The third-order valence-electron chi connectivity index (χ3n) is 6.14. The summed E-state index contributed by atoms with van der Waals surface area (Å²) in [5, 5.41) is 13.3. The molecular weight excluding hydrogens is 474 g/mol. The number of amides is 1. The summed E-state index contributed by atoms with van der Waals surface area (Å²) in [5.41, 5.74) is 3.85. The van der Waals surface area contributed by atoms with Crippen molar-refractivity contribution in [3.05, 3.63) is 94.5 Å². The monoisotopic (exact) mass is 505 g/mol. The molecule has 2 N–H and O–H groups in total. The second-order valence-corrected chi connectivity index (χ2v) is 9.86. The van der Waals surface area contributed by atoms with Crippen LogP contribution in [0.2, 0.25) is 5.02 Å². The average molecular weight is 506 g/mol. The fraction of sp³-hybridized carbons (Fsp3) is 0.300. The molecule has 0 heterocycles. The van der Waals surface area contributed by atoms with Crippen LogP contribution in [0.25, 0.3) is 11.1 Å². The van der Waals surface area contributed by atoms with E-state index in [0.29, 0.717) is 41.5 Å². The molecule has 3 aromatic rings. The van der Waals surface area contributed by atoms with E-state index in [9.17, 15) is 19.5 Å². The van der Waals surface area contributed by atoms with Crippen molar-refractivity contribution in [2.75, 3.05) is 6.54 Å². The molecule has 0 aliphatic carbocycles. The molecule has 1 unspecified atom stereocenters. The quantitative estimate of drug-likeness (QED) is 0.268. The minimum Gasteiger partial charge on any atom is -0.481 e. The van der Waals surface area contributed by atoms with Gasteiger partial charge in [0.05, 0.1) is 5.92 Å². The smallest absolute Gasteiger partial charge is 0.306 e. The normalized spacial score (nSPS) is 11.8. The molecule has 188 valence electrons. The summed E-state index contributed by atoms with van der Waals surface area (Å²) in [5.74, 6) is -1.64. The van der Waals surface area contributed by atoms with Gasteiger partial charge in [-0.05, 0) is 66.1 Å². The number of ketones is 1. The van der Waals surface area contributed by atoms with E-state index >= 15 is 0 Å². The van der Waals surface area contributed by atoms with Crippen molar-refractivity contribution in [2.24, 2.45) is 11.8 Å². The molecule has 3 rings (SSSR count). The Balaban J connectivity index is 1.59. The molecule has 0 aliphatic heterocycles. The van der Waals surface area contributed by atoms with Gasteiger partial charge in [0, 0.05) is 29.1 Å². The van der Waals surface area contributed by atoms with Crippen molar-refractivity contribution in [3.63, 3.8) is 0 Å². The molecule has 0 saturated heterocycles. The van der Waals surface area contributed by atoms with Gasteiger partial charge in [-0.1, -0.05) is 74.0 Å². The molecule has 0 aromatic heterocycles. The van der Waals surface area contributed by atoms with Crippen LogP contribution in [0.5, 0.6) is 0 Å². The van der Waals surface area contributed by atoms with E-state index in [1.165, 1.54) is 0 Å². The maximum Gasteiger partial charge on any atom is 0.306 e. The molecule has 0 spiro atoms. The Hall–Kier alpha value is -3.44. The number of carboxylic acid groups (broad SMARTS) is 1. The highest BCUT2D eigenvalue weighted by Gasteiger charge is 2.22. The van der Waals surface area contributed by atoms with Crippen molar-refractivity contribution >= 4 is 29.3 Å². The van der Waals surface area contributed by atoms with E-state index in [-0.39, 0.29) is 18.1 Å². The zero-order valence-corrected chi connectivity index (χ0v) is 21.4. The third kappa shape index (κ3) is 8.06. The van der Waals surface area contributed by atoms with Crippen LogP contribution >= 0.6 is 11.6 Å². The maximum atomic E-state index is 12.8. The largest absolute Gasteiger partial charge is 0.481 e. The number of hydrogen-bond donors (Lipinski definition) is 2. The summed E-state index contributed by atoms with van der Waals surface area (Å²) in [6.45, 7) is 4.82. The number of nitrogens with one attached hydrogen (secondary N) is 1. The lowest BCUT2D eigenvalue weighted by Crippen LogP contribution is -2.25. The topological polar surface area (TPSA) is 83.5 Å². The van der Waals surface area contributed by atoms with Gasteiger partial charge in [-0.25, -0.2) is 0 Å². The Morgan fingerprint density at radius 1 is 0.861 bits per heavy atom. The maximum absolute atomic E-state index is 12.8. The molecule has 1 amide bonds. The molecule has 5 nitrogen and oxygen atoms in total. The van der Waals surface area contributed by atoms with E-state index < -0.39 is 11.9 Å². The van der Waals surface area contributed by atoms with Gasteiger partial charge in [-0.3, -0.25) is 14.4 Å². The first-order valence-electron chi connectivity index (χ1n) is 12.2. The predicted octanol–water partition coefficient (Wildman–Crippen LogP) is 6.69. The van der Waals surface area contributed by atoms with Crippen LogP contribution in [0, 0.1) is 11.8 Å². The highest BCUT2D eigenvalue weighted by molar-refractivity contribution is 6.30. The Kier molecular flexibility index (Phi) is 9.83. The number of halogens is 1. The zero-order valence-electron chi connectivity index (χ0n) is 20.7. The molecule has 36 heavy (non-hydrogen) atoms. The van der Waals surface area contributed by atoms with Crippen LogP contribution in [0.3, 0.4) is 0 Å². The SMILES string of the molecule is CC(C)CCNC(=O)c1cccc(CCC(CC(=O)c2ccc(-c3ccc(Cl)cc3)cc2)C(=O)O)c1. The first-order chi connectivity index (χ1) is 17.2. The second-order valence-electron chi connectivity index (χ2n) is 9.42. The fourth-order valence-corrected chi connectivity index (χ4v) is 4.06. The van der Waals surface area contributed by atoms with Gasteiger partial charge in [0.2, 0.25) is 0 Å². The van der Waals surface area contributed by atoms with Gasteiger partial charge in [-0.15, -0.1) is 0 Å². The van der Waals surface area contributed by atoms with Crippen LogP contribution in [0.15, 0.2) is 72.8 Å². The molecule has 3 aromatic carbocycles. The van der Waals surface area contributed by atoms with Gasteiger partial charge >= 0.3 is 5.97 Å².